The fourth-order valence-corrected chi connectivity index (χ4v) is 3.65. The number of nitrogens with one attached hydrogen (secondary N) is 2. The molecule has 2 aromatic heterocycles. The summed E-state index contributed by atoms with van der Waals surface area (Å²) in [6.07, 6.45) is 0.973. The molecule has 0 unspecified atom stereocenters. The maximum atomic E-state index is 4.61. The van der Waals surface area contributed by atoms with Crippen molar-refractivity contribution in [2.75, 3.05) is 7.05 Å². The van der Waals surface area contributed by atoms with E-state index in [-0.39, 0.29) is 0 Å². The van der Waals surface area contributed by atoms with E-state index in [2.05, 4.69) is 63.1 Å². The Bertz CT molecular complexity index is 924. The maximum absolute atomic E-state index is 4.61. The van der Waals surface area contributed by atoms with Gasteiger partial charge in [-0.3, -0.25) is 4.99 Å². The summed E-state index contributed by atoms with van der Waals surface area (Å²) in [5, 5.41) is 14.6. The van der Waals surface area contributed by atoms with Crippen molar-refractivity contribution in [3.8, 4) is 5.69 Å². The number of aliphatic imine (C=N–C) groups is 1. The highest BCUT2D eigenvalue weighted by atomic mass is 32.1. The van der Waals surface area contributed by atoms with Crippen molar-refractivity contribution < 1.29 is 0 Å². The Balaban J connectivity index is 1.66. The van der Waals surface area contributed by atoms with Crippen LogP contribution in [0, 0.1) is 13.8 Å². The van der Waals surface area contributed by atoms with Gasteiger partial charge >= 0.3 is 0 Å². The highest BCUT2D eigenvalue weighted by molar-refractivity contribution is 7.09. The third-order valence-electron chi connectivity index (χ3n) is 4.24. The van der Waals surface area contributed by atoms with Crippen LogP contribution in [0.4, 0.5) is 0 Å². The first-order chi connectivity index (χ1) is 13.1. The van der Waals surface area contributed by atoms with Crippen molar-refractivity contribution in [1.29, 1.82) is 0 Å². The van der Waals surface area contributed by atoms with Crippen LogP contribution in [0.15, 0.2) is 40.7 Å². The van der Waals surface area contributed by atoms with Gasteiger partial charge in [-0.05, 0) is 38.0 Å². The smallest absolute Gasteiger partial charge is 0.191 e. The molecule has 0 saturated carbocycles. The first kappa shape index (κ1) is 19.1. The van der Waals surface area contributed by atoms with Gasteiger partial charge in [0.15, 0.2) is 5.96 Å². The van der Waals surface area contributed by atoms with E-state index in [1.165, 1.54) is 0 Å². The number of para-hydroxylation sites is 1. The molecule has 27 heavy (non-hydrogen) atoms. The summed E-state index contributed by atoms with van der Waals surface area (Å²) >= 11 is 1.70. The van der Waals surface area contributed by atoms with Gasteiger partial charge in [0, 0.05) is 24.7 Å². The lowest BCUT2D eigenvalue weighted by molar-refractivity contribution is 0.775. The third-order valence-corrected chi connectivity index (χ3v) is 5.28. The fourth-order valence-electron chi connectivity index (χ4n) is 2.91. The normalized spacial score (nSPS) is 11.6. The Morgan fingerprint density at radius 3 is 2.63 bits per heavy atom. The molecule has 0 fully saturated rings. The monoisotopic (exact) mass is 382 g/mol. The molecule has 0 aliphatic rings. The molecule has 0 saturated heterocycles. The van der Waals surface area contributed by atoms with Gasteiger partial charge in [0.05, 0.1) is 28.6 Å². The maximum Gasteiger partial charge on any atom is 0.191 e. The van der Waals surface area contributed by atoms with Crippen molar-refractivity contribution >= 4 is 17.3 Å². The van der Waals surface area contributed by atoms with Crippen LogP contribution in [0.3, 0.4) is 0 Å². The van der Waals surface area contributed by atoms with Crippen molar-refractivity contribution in [1.82, 2.24) is 25.4 Å². The minimum Gasteiger partial charge on any atom is -0.352 e. The molecule has 3 aromatic rings. The SMILES string of the molecule is CCc1nc(CNC(=NC)NCc2ccccc2-n2nc(C)cc2C)cs1. The molecule has 2 N–H and O–H groups in total. The second kappa shape index (κ2) is 8.81. The highest BCUT2D eigenvalue weighted by Gasteiger charge is 2.09. The summed E-state index contributed by atoms with van der Waals surface area (Å²) < 4.78 is 1.99. The average Bonchev–Trinajstić information content (AvgIpc) is 3.27. The number of aromatic nitrogens is 3. The summed E-state index contributed by atoms with van der Waals surface area (Å²) in [5.41, 5.74) is 5.43. The van der Waals surface area contributed by atoms with Crippen LogP contribution in [0.1, 0.15) is 34.6 Å². The Kier molecular flexibility index (Phi) is 6.24. The van der Waals surface area contributed by atoms with Gasteiger partial charge < -0.3 is 10.6 Å². The summed E-state index contributed by atoms with van der Waals surface area (Å²) in [6, 6.07) is 10.4. The first-order valence-electron chi connectivity index (χ1n) is 9.10. The van der Waals surface area contributed by atoms with E-state index in [4.69, 9.17) is 0 Å². The van der Waals surface area contributed by atoms with Gasteiger partial charge in [0.2, 0.25) is 0 Å². The van der Waals surface area contributed by atoms with E-state index in [0.29, 0.717) is 13.1 Å². The molecule has 2 heterocycles. The Morgan fingerprint density at radius 2 is 1.96 bits per heavy atom. The van der Waals surface area contributed by atoms with Crippen molar-refractivity contribution in [2.24, 2.45) is 4.99 Å². The zero-order valence-corrected chi connectivity index (χ0v) is 17.1. The second-order valence-electron chi connectivity index (χ2n) is 6.33. The summed E-state index contributed by atoms with van der Waals surface area (Å²) in [5.74, 6) is 0.754. The molecule has 142 valence electrons. The van der Waals surface area contributed by atoms with Gasteiger partial charge in [-0.2, -0.15) is 5.10 Å². The molecule has 6 nitrogen and oxygen atoms in total. The lowest BCUT2D eigenvalue weighted by Gasteiger charge is -2.14. The van der Waals surface area contributed by atoms with Crippen molar-refractivity contribution in [2.45, 2.75) is 40.3 Å². The molecule has 0 atom stereocenters. The molecule has 0 radical (unpaired) electrons. The summed E-state index contributed by atoms with van der Waals surface area (Å²) in [4.78, 5) is 8.90. The van der Waals surface area contributed by atoms with Gasteiger partial charge in [-0.1, -0.05) is 25.1 Å². The van der Waals surface area contributed by atoms with E-state index in [0.717, 1.165) is 45.7 Å². The van der Waals surface area contributed by atoms with Crippen LogP contribution in [0.5, 0.6) is 0 Å². The quantitative estimate of drug-likeness (QED) is 0.507. The zero-order valence-electron chi connectivity index (χ0n) is 16.3. The van der Waals surface area contributed by atoms with Crippen LogP contribution in [0.2, 0.25) is 0 Å². The Labute approximate surface area is 164 Å². The van der Waals surface area contributed by atoms with Crippen molar-refractivity contribution in [3.05, 3.63) is 63.4 Å². The van der Waals surface area contributed by atoms with Gasteiger partial charge in [-0.15, -0.1) is 11.3 Å². The van der Waals surface area contributed by atoms with E-state index in [9.17, 15) is 0 Å². The summed E-state index contributed by atoms with van der Waals surface area (Å²) in [7, 11) is 1.78. The molecule has 7 heteroatoms. The molecule has 0 aliphatic heterocycles. The number of nitrogens with zero attached hydrogens (tertiary/aromatic N) is 4. The van der Waals surface area contributed by atoms with Crippen molar-refractivity contribution in [3.63, 3.8) is 0 Å². The van der Waals surface area contributed by atoms with E-state index >= 15 is 0 Å². The van der Waals surface area contributed by atoms with Crippen LogP contribution in [0.25, 0.3) is 5.69 Å². The number of guanidine groups is 1. The predicted molar refractivity (Wildman–Crippen MR) is 112 cm³/mol. The molecule has 0 aliphatic carbocycles. The second-order valence-corrected chi connectivity index (χ2v) is 7.28. The standard InChI is InChI=1S/C20H26N6S/c1-5-19-24-17(13-27-19)12-23-20(21-4)22-11-16-8-6-7-9-18(16)26-15(3)10-14(2)25-26/h6-10,13H,5,11-12H2,1-4H3,(H2,21,22,23). The molecule has 0 amide bonds. The van der Waals surface area contributed by atoms with Crippen LogP contribution in [-0.2, 0) is 19.5 Å². The Morgan fingerprint density at radius 1 is 1.19 bits per heavy atom. The van der Waals surface area contributed by atoms with Gasteiger partial charge in [0.25, 0.3) is 0 Å². The van der Waals surface area contributed by atoms with Crippen LogP contribution in [-0.4, -0.2) is 27.8 Å². The molecule has 3 rings (SSSR count). The number of hydrogen-bond acceptors (Lipinski definition) is 4. The number of rotatable bonds is 6. The number of thiazole rings is 1. The highest BCUT2D eigenvalue weighted by Crippen LogP contribution is 2.17. The molecular weight excluding hydrogens is 356 g/mol. The topological polar surface area (TPSA) is 67.1 Å². The fraction of sp³-hybridized carbons (Fsp3) is 0.350. The number of aryl methyl sites for hydroxylation is 3. The predicted octanol–water partition coefficient (Wildman–Crippen LogP) is 3.37. The van der Waals surface area contributed by atoms with E-state index < -0.39 is 0 Å². The van der Waals surface area contributed by atoms with Gasteiger partial charge in [0.1, 0.15) is 0 Å². The largest absolute Gasteiger partial charge is 0.352 e. The lowest BCUT2D eigenvalue weighted by atomic mass is 10.1. The van der Waals surface area contributed by atoms with E-state index in [1.54, 1.807) is 18.4 Å². The molecular formula is C20H26N6S. The minimum atomic E-state index is 0.658. The zero-order chi connectivity index (χ0) is 19.2. The molecule has 1 aromatic carbocycles. The van der Waals surface area contributed by atoms with Gasteiger partial charge in [-0.25, -0.2) is 9.67 Å². The summed E-state index contributed by atoms with van der Waals surface area (Å²) in [6.45, 7) is 7.53. The lowest BCUT2D eigenvalue weighted by Crippen LogP contribution is -2.36. The molecule has 0 spiro atoms. The number of hydrogen-bond donors (Lipinski definition) is 2. The first-order valence-corrected chi connectivity index (χ1v) is 9.98. The van der Waals surface area contributed by atoms with Crippen LogP contribution < -0.4 is 10.6 Å². The average molecular weight is 383 g/mol. The molecule has 0 bridgehead atoms. The Hall–Kier alpha value is -2.67. The van der Waals surface area contributed by atoms with E-state index in [1.807, 2.05) is 23.7 Å². The minimum absolute atomic E-state index is 0.658. The number of benzene rings is 1. The third kappa shape index (κ3) is 4.74. The van der Waals surface area contributed by atoms with Crippen LogP contribution >= 0.6 is 11.3 Å².